The Bertz CT molecular complexity index is 468. The average Bonchev–Trinajstić information content (AvgIpc) is 2.46. The molecule has 2 heteroatoms. The predicted octanol–water partition coefficient (Wildman–Crippen LogP) is 4.18. The maximum atomic E-state index is 5.70. The maximum Gasteiger partial charge on any atom is 0.0177 e. The lowest BCUT2D eigenvalue weighted by Crippen LogP contribution is -2.50. The summed E-state index contributed by atoms with van der Waals surface area (Å²) in [5, 5.41) is 0. The smallest absolute Gasteiger partial charge is 0.0177 e. The third-order valence-corrected chi connectivity index (χ3v) is 5.17. The summed E-state index contributed by atoms with van der Waals surface area (Å²) in [5.41, 5.74) is 4.79. The van der Waals surface area contributed by atoms with Crippen molar-refractivity contribution in [2.45, 2.75) is 38.1 Å². The summed E-state index contributed by atoms with van der Waals surface area (Å²) >= 11 is 5.70. The Balaban J connectivity index is 1.88. The van der Waals surface area contributed by atoms with Crippen molar-refractivity contribution < 1.29 is 0 Å². The first kappa shape index (κ1) is 13.2. The van der Waals surface area contributed by atoms with Gasteiger partial charge in [-0.25, -0.2) is 0 Å². The second-order valence-electron chi connectivity index (χ2n) is 5.92. The van der Waals surface area contributed by atoms with Gasteiger partial charge in [-0.15, -0.1) is 0 Å². The SMILES string of the molecule is CC1c2ccccc2CC2C1CCCN2CC=CCl. The van der Waals surface area contributed by atoms with Gasteiger partial charge in [-0.1, -0.05) is 48.9 Å². The van der Waals surface area contributed by atoms with Gasteiger partial charge in [-0.2, -0.15) is 0 Å². The lowest BCUT2D eigenvalue weighted by molar-refractivity contribution is 0.0830. The van der Waals surface area contributed by atoms with Crippen molar-refractivity contribution in [3.8, 4) is 0 Å². The first-order valence-corrected chi connectivity index (χ1v) is 7.82. The molecule has 3 unspecified atom stereocenters. The molecule has 2 aliphatic rings. The van der Waals surface area contributed by atoms with E-state index in [4.69, 9.17) is 11.6 Å². The van der Waals surface area contributed by atoms with Crippen LogP contribution in [0, 0.1) is 5.92 Å². The minimum absolute atomic E-state index is 0.692. The van der Waals surface area contributed by atoms with Crippen molar-refractivity contribution in [1.82, 2.24) is 4.90 Å². The molecule has 0 saturated carbocycles. The summed E-state index contributed by atoms with van der Waals surface area (Å²) in [6, 6.07) is 9.70. The standard InChI is InChI=1S/C17H22ClN/c1-13-15-7-3-2-6-14(15)12-17-16(13)8-4-10-19(17)11-5-9-18/h2-3,5-7,9,13,16-17H,4,8,10-12H2,1H3. The highest BCUT2D eigenvalue weighted by Gasteiger charge is 2.38. The van der Waals surface area contributed by atoms with Gasteiger partial charge in [0.05, 0.1) is 0 Å². The summed E-state index contributed by atoms with van der Waals surface area (Å²) in [4.78, 5) is 2.62. The Morgan fingerprint density at radius 2 is 2.21 bits per heavy atom. The largest absolute Gasteiger partial charge is 0.296 e. The van der Waals surface area contributed by atoms with E-state index in [-0.39, 0.29) is 0 Å². The van der Waals surface area contributed by atoms with E-state index in [2.05, 4.69) is 42.2 Å². The predicted molar refractivity (Wildman–Crippen MR) is 81.6 cm³/mol. The molecule has 0 N–H and O–H groups in total. The van der Waals surface area contributed by atoms with Crippen LogP contribution in [0.2, 0.25) is 0 Å². The van der Waals surface area contributed by atoms with E-state index in [0.717, 1.165) is 12.5 Å². The highest BCUT2D eigenvalue weighted by atomic mass is 35.5. The van der Waals surface area contributed by atoms with Gasteiger partial charge in [0.2, 0.25) is 0 Å². The summed E-state index contributed by atoms with van der Waals surface area (Å²) in [6.45, 7) is 4.63. The Morgan fingerprint density at radius 3 is 3.05 bits per heavy atom. The number of rotatable bonds is 2. The van der Waals surface area contributed by atoms with Crippen molar-refractivity contribution in [2.75, 3.05) is 13.1 Å². The fourth-order valence-corrected chi connectivity index (χ4v) is 4.12. The molecule has 1 nitrogen and oxygen atoms in total. The minimum Gasteiger partial charge on any atom is -0.296 e. The molecule has 3 atom stereocenters. The van der Waals surface area contributed by atoms with Crippen LogP contribution in [0.5, 0.6) is 0 Å². The molecule has 19 heavy (non-hydrogen) atoms. The van der Waals surface area contributed by atoms with Gasteiger partial charge in [0.15, 0.2) is 0 Å². The van der Waals surface area contributed by atoms with Gasteiger partial charge in [0.25, 0.3) is 0 Å². The zero-order chi connectivity index (χ0) is 13.2. The first-order chi connectivity index (χ1) is 9.31. The Morgan fingerprint density at radius 1 is 1.37 bits per heavy atom. The number of hydrogen-bond donors (Lipinski definition) is 0. The van der Waals surface area contributed by atoms with Crippen molar-refractivity contribution in [3.63, 3.8) is 0 Å². The van der Waals surface area contributed by atoms with Crippen LogP contribution in [-0.4, -0.2) is 24.0 Å². The molecule has 0 amide bonds. The van der Waals surface area contributed by atoms with E-state index in [1.807, 2.05) is 0 Å². The molecule has 0 bridgehead atoms. The number of piperidine rings is 1. The molecule has 0 aromatic heterocycles. The third-order valence-electron chi connectivity index (χ3n) is 4.99. The fraction of sp³-hybridized carbons (Fsp3) is 0.529. The van der Waals surface area contributed by atoms with Crippen molar-refractivity contribution in [3.05, 3.63) is 47.0 Å². The quantitative estimate of drug-likeness (QED) is 0.783. The summed E-state index contributed by atoms with van der Waals surface area (Å²) < 4.78 is 0. The highest BCUT2D eigenvalue weighted by Crippen LogP contribution is 2.42. The summed E-state index contributed by atoms with van der Waals surface area (Å²) in [6.07, 6.45) is 5.99. The van der Waals surface area contributed by atoms with Gasteiger partial charge < -0.3 is 0 Å². The molecule has 102 valence electrons. The number of likely N-dealkylation sites (tertiary alicyclic amines) is 1. The molecule has 1 aromatic carbocycles. The van der Waals surface area contributed by atoms with E-state index >= 15 is 0 Å². The van der Waals surface area contributed by atoms with E-state index in [1.165, 1.54) is 25.8 Å². The number of nitrogens with zero attached hydrogens (tertiary/aromatic N) is 1. The normalized spacial score (nSPS) is 31.2. The van der Waals surface area contributed by atoms with Crippen molar-refractivity contribution in [1.29, 1.82) is 0 Å². The van der Waals surface area contributed by atoms with Gasteiger partial charge in [0.1, 0.15) is 0 Å². The van der Waals surface area contributed by atoms with Gasteiger partial charge >= 0.3 is 0 Å². The molecule has 1 saturated heterocycles. The van der Waals surface area contributed by atoms with Gasteiger partial charge in [-0.05, 0) is 48.8 Å². The van der Waals surface area contributed by atoms with Crippen LogP contribution in [0.3, 0.4) is 0 Å². The van der Waals surface area contributed by atoms with Crippen LogP contribution in [0.25, 0.3) is 0 Å². The topological polar surface area (TPSA) is 3.24 Å². The first-order valence-electron chi connectivity index (χ1n) is 7.38. The summed E-state index contributed by atoms with van der Waals surface area (Å²) in [5.74, 6) is 1.50. The molecule has 0 spiro atoms. The zero-order valence-electron chi connectivity index (χ0n) is 11.6. The monoisotopic (exact) mass is 275 g/mol. The second-order valence-corrected chi connectivity index (χ2v) is 6.17. The van der Waals surface area contributed by atoms with Crippen LogP contribution >= 0.6 is 11.6 Å². The van der Waals surface area contributed by atoms with Gasteiger partial charge in [-0.3, -0.25) is 4.90 Å². The van der Waals surface area contributed by atoms with Crippen LogP contribution in [0.1, 0.15) is 36.8 Å². The maximum absolute atomic E-state index is 5.70. The third kappa shape index (κ3) is 2.46. The second kappa shape index (κ2) is 5.68. The van der Waals surface area contributed by atoms with E-state index < -0.39 is 0 Å². The van der Waals surface area contributed by atoms with E-state index in [9.17, 15) is 0 Å². The molecule has 1 aliphatic heterocycles. The molecular formula is C17H22ClN. The van der Waals surface area contributed by atoms with Crippen LogP contribution in [-0.2, 0) is 6.42 Å². The Kier molecular flexibility index (Phi) is 3.95. The Hall–Kier alpha value is -0.790. The molecule has 1 fully saturated rings. The summed E-state index contributed by atoms with van der Waals surface area (Å²) in [7, 11) is 0. The number of benzene rings is 1. The highest BCUT2D eigenvalue weighted by molar-refractivity contribution is 6.25. The van der Waals surface area contributed by atoms with E-state index in [1.54, 1.807) is 16.7 Å². The fourth-order valence-electron chi connectivity index (χ4n) is 4.04. The molecule has 1 aliphatic carbocycles. The van der Waals surface area contributed by atoms with Crippen molar-refractivity contribution >= 4 is 11.6 Å². The lowest BCUT2D eigenvalue weighted by atomic mass is 9.69. The molecule has 0 radical (unpaired) electrons. The molecule has 1 aromatic rings. The Labute approximate surface area is 121 Å². The number of halogens is 1. The minimum atomic E-state index is 0.692. The van der Waals surface area contributed by atoms with Crippen LogP contribution < -0.4 is 0 Å². The molecule has 1 heterocycles. The van der Waals surface area contributed by atoms with Crippen molar-refractivity contribution in [2.24, 2.45) is 5.92 Å². The van der Waals surface area contributed by atoms with E-state index in [0.29, 0.717) is 12.0 Å². The molecule has 3 rings (SSSR count). The zero-order valence-corrected chi connectivity index (χ0v) is 12.3. The number of hydrogen-bond acceptors (Lipinski definition) is 1. The molecular weight excluding hydrogens is 254 g/mol. The van der Waals surface area contributed by atoms with Crippen LogP contribution in [0.4, 0.5) is 0 Å². The number of fused-ring (bicyclic) bond motifs is 2. The van der Waals surface area contributed by atoms with Crippen LogP contribution in [0.15, 0.2) is 35.9 Å². The average molecular weight is 276 g/mol. The van der Waals surface area contributed by atoms with Gasteiger partial charge in [0, 0.05) is 18.1 Å². The lowest BCUT2D eigenvalue weighted by Gasteiger charge is -2.47.